The van der Waals surface area contributed by atoms with Crippen LogP contribution < -0.4 is 10.5 Å². The number of carbonyl (C=O) groups is 1. The normalized spacial score (nSPS) is 19.3. The molecule has 0 aromatic rings. The first kappa shape index (κ1) is 24.3. The Morgan fingerprint density at radius 1 is 1.19 bits per heavy atom. The van der Waals surface area contributed by atoms with Crippen LogP contribution in [0.5, 0.6) is 0 Å². The Hall–Kier alpha value is -0.700. The molecule has 160 valence electrons. The lowest BCUT2D eigenvalue weighted by atomic mass is 9.97. The van der Waals surface area contributed by atoms with Crippen LogP contribution in [0.3, 0.4) is 0 Å². The van der Waals surface area contributed by atoms with Crippen molar-refractivity contribution >= 4 is 16.1 Å². The number of carbonyl (C=O) groups excluding carboxylic acids is 1. The predicted octanol–water partition coefficient (Wildman–Crippen LogP) is 1.80. The molecule has 1 aliphatic heterocycles. The number of nitrogens with two attached hydrogens (primary N) is 1. The number of hydrogen-bond donors (Lipinski definition) is 2. The molecule has 0 aliphatic carbocycles. The van der Waals surface area contributed by atoms with Gasteiger partial charge in [-0.25, -0.2) is 4.72 Å². The Kier molecular flexibility index (Phi) is 10.8. The van der Waals surface area contributed by atoms with Gasteiger partial charge in [0.05, 0.1) is 5.92 Å². The summed E-state index contributed by atoms with van der Waals surface area (Å²) in [6.07, 6.45) is 4.28. The van der Waals surface area contributed by atoms with Crippen LogP contribution in [0.1, 0.15) is 59.8 Å². The summed E-state index contributed by atoms with van der Waals surface area (Å²) in [6, 6.07) is 0. The number of likely N-dealkylation sites (tertiary alicyclic amines) is 1. The fraction of sp³-hybridized carbons (Fsp3) is 0.947. The summed E-state index contributed by atoms with van der Waals surface area (Å²) in [5, 5.41) is 0. The number of nitrogens with zero attached hydrogens (tertiary/aromatic N) is 2. The third-order valence-electron chi connectivity index (χ3n) is 5.10. The lowest BCUT2D eigenvalue weighted by Gasteiger charge is -2.31. The quantitative estimate of drug-likeness (QED) is 0.458. The van der Waals surface area contributed by atoms with Gasteiger partial charge in [-0.3, -0.25) is 4.79 Å². The van der Waals surface area contributed by atoms with Crippen LogP contribution >= 0.6 is 0 Å². The number of amides is 1. The van der Waals surface area contributed by atoms with E-state index < -0.39 is 10.2 Å². The molecule has 1 atom stereocenters. The fourth-order valence-electron chi connectivity index (χ4n) is 3.24. The highest BCUT2D eigenvalue weighted by Crippen LogP contribution is 2.16. The summed E-state index contributed by atoms with van der Waals surface area (Å²) in [6.45, 7) is 12.4. The van der Waals surface area contributed by atoms with E-state index in [9.17, 15) is 13.2 Å². The molecule has 1 unspecified atom stereocenters. The van der Waals surface area contributed by atoms with Crippen molar-refractivity contribution in [1.82, 2.24) is 13.9 Å². The standard InChI is InChI=1S/C19H40N4O3S/c1-16(2)8-13-23(14-9-17(3)4)27(25,26)21-10-6-12-22-11-5-7-18(15-22)19(20)24/h16-18,21H,5-15H2,1-4H3,(H2,20,24). The molecule has 27 heavy (non-hydrogen) atoms. The van der Waals surface area contributed by atoms with Crippen LogP contribution in [0, 0.1) is 17.8 Å². The predicted molar refractivity (Wildman–Crippen MR) is 110 cm³/mol. The molecule has 8 heteroatoms. The van der Waals surface area contributed by atoms with Crippen molar-refractivity contribution in [1.29, 1.82) is 0 Å². The van der Waals surface area contributed by atoms with Crippen molar-refractivity contribution in [3.05, 3.63) is 0 Å². The summed E-state index contributed by atoms with van der Waals surface area (Å²) in [5.74, 6) is 0.641. The fourth-order valence-corrected chi connectivity index (χ4v) is 4.52. The van der Waals surface area contributed by atoms with Crippen LogP contribution in [-0.2, 0) is 15.0 Å². The average molecular weight is 405 g/mol. The highest BCUT2D eigenvalue weighted by molar-refractivity contribution is 7.87. The second kappa shape index (κ2) is 12.0. The first-order valence-electron chi connectivity index (χ1n) is 10.4. The molecule has 1 fully saturated rings. The van der Waals surface area contributed by atoms with Crippen LogP contribution in [0.15, 0.2) is 0 Å². The van der Waals surface area contributed by atoms with Crippen LogP contribution in [0.4, 0.5) is 0 Å². The van der Waals surface area contributed by atoms with Crippen molar-refractivity contribution in [3.63, 3.8) is 0 Å². The second-order valence-corrected chi connectivity index (χ2v) is 10.3. The largest absolute Gasteiger partial charge is 0.369 e. The molecule has 1 heterocycles. The van der Waals surface area contributed by atoms with Crippen LogP contribution in [-0.4, -0.2) is 62.8 Å². The maximum atomic E-state index is 12.7. The number of nitrogens with one attached hydrogen (secondary N) is 1. The molecule has 0 aromatic carbocycles. The highest BCUT2D eigenvalue weighted by Gasteiger charge is 2.24. The van der Waals surface area contributed by atoms with E-state index in [4.69, 9.17) is 5.73 Å². The molecular formula is C19H40N4O3S. The van der Waals surface area contributed by atoms with Gasteiger partial charge in [-0.2, -0.15) is 12.7 Å². The summed E-state index contributed by atoms with van der Waals surface area (Å²) in [5.41, 5.74) is 5.41. The zero-order valence-corrected chi connectivity index (χ0v) is 18.4. The average Bonchev–Trinajstić information content (AvgIpc) is 2.58. The van der Waals surface area contributed by atoms with E-state index >= 15 is 0 Å². The highest BCUT2D eigenvalue weighted by atomic mass is 32.2. The smallest absolute Gasteiger partial charge is 0.279 e. The minimum Gasteiger partial charge on any atom is -0.369 e. The molecule has 0 spiro atoms. The van der Waals surface area contributed by atoms with Crippen LogP contribution in [0.25, 0.3) is 0 Å². The Balaban J connectivity index is 2.44. The van der Waals surface area contributed by atoms with Gasteiger partial charge >= 0.3 is 0 Å². The minimum absolute atomic E-state index is 0.0713. The zero-order chi connectivity index (χ0) is 20.4. The first-order valence-corrected chi connectivity index (χ1v) is 11.8. The Morgan fingerprint density at radius 2 is 1.78 bits per heavy atom. The second-order valence-electron chi connectivity index (χ2n) is 8.56. The molecular weight excluding hydrogens is 364 g/mol. The molecule has 1 saturated heterocycles. The van der Waals surface area contributed by atoms with Gasteiger partial charge < -0.3 is 10.6 Å². The van der Waals surface area contributed by atoms with Crippen LogP contribution in [0.2, 0.25) is 0 Å². The third-order valence-corrected chi connectivity index (χ3v) is 6.71. The SMILES string of the molecule is CC(C)CCN(CCC(C)C)S(=O)(=O)NCCCN1CCCC(C(N)=O)C1. The van der Waals surface area contributed by atoms with Crippen molar-refractivity contribution < 1.29 is 13.2 Å². The number of piperidine rings is 1. The lowest BCUT2D eigenvalue weighted by molar-refractivity contribution is -0.123. The van der Waals surface area contributed by atoms with E-state index in [1.165, 1.54) is 0 Å². The van der Waals surface area contributed by atoms with E-state index in [1.54, 1.807) is 4.31 Å². The van der Waals surface area contributed by atoms with Gasteiger partial charge in [0.25, 0.3) is 10.2 Å². The number of hydrogen-bond acceptors (Lipinski definition) is 4. The van der Waals surface area contributed by atoms with E-state index in [-0.39, 0.29) is 11.8 Å². The number of rotatable bonds is 13. The molecule has 0 saturated carbocycles. The number of primary amides is 1. The summed E-state index contributed by atoms with van der Waals surface area (Å²) in [7, 11) is -3.45. The topological polar surface area (TPSA) is 95.7 Å². The van der Waals surface area contributed by atoms with Crippen molar-refractivity contribution in [2.45, 2.75) is 59.8 Å². The van der Waals surface area contributed by atoms with Gasteiger partial charge in [-0.1, -0.05) is 27.7 Å². The molecule has 0 aromatic heterocycles. The van der Waals surface area contributed by atoms with Gasteiger partial charge in [-0.05, 0) is 57.0 Å². The monoisotopic (exact) mass is 404 g/mol. The summed E-state index contributed by atoms with van der Waals surface area (Å²) < 4.78 is 29.7. The molecule has 0 radical (unpaired) electrons. The van der Waals surface area contributed by atoms with E-state index in [0.717, 1.165) is 45.2 Å². The zero-order valence-electron chi connectivity index (χ0n) is 17.6. The Bertz CT molecular complexity index is 525. The Morgan fingerprint density at radius 3 is 2.30 bits per heavy atom. The molecule has 0 bridgehead atoms. The molecule has 1 amide bonds. The Labute approximate surface area is 166 Å². The van der Waals surface area contributed by atoms with Gasteiger partial charge in [0.1, 0.15) is 0 Å². The minimum atomic E-state index is -3.45. The van der Waals surface area contributed by atoms with Gasteiger partial charge in [0.2, 0.25) is 5.91 Å². The summed E-state index contributed by atoms with van der Waals surface area (Å²) >= 11 is 0. The van der Waals surface area contributed by atoms with Crippen molar-refractivity contribution in [3.8, 4) is 0 Å². The maximum absolute atomic E-state index is 12.7. The summed E-state index contributed by atoms with van der Waals surface area (Å²) in [4.78, 5) is 13.6. The van der Waals surface area contributed by atoms with Gasteiger partial charge in [0.15, 0.2) is 0 Å². The molecule has 7 nitrogen and oxygen atoms in total. The van der Waals surface area contributed by atoms with Gasteiger partial charge in [0, 0.05) is 26.2 Å². The van der Waals surface area contributed by atoms with Gasteiger partial charge in [-0.15, -0.1) is 0 Å². The van der Waals surface area contributed by atoms with E-state index in [0.29, 0.717) is 38.0 Å². The van der Waals surface area contributed by atoms with E-state index in [2.05, 4.69) is 37.3 Å². The maximum Gasteiger partial charge on any atom is 0.279 e. The first-order chi connectivity index (χ1) is 12.6. The van der Waals surface area contributed by atoms with Crippen molar-refractivity contribution in [2.75, 3.05) is 39.3 Å². The van der Waals surface area contributed by atoms with E-state index in [1.807, 2.05) is 0 Å². The third kappa shape index (κ3) is 9.87. The molecule has 1 rings (SSSR count). The lowest BCUT2D eigenvalue weighted by Crippen LogP contribution is -2.44. The molecule has 1 aliphatic rings. The van der Waals surface area contributed by atoms with Crippen molar-refractivity contribution in [2.24, 2.45) is 23.5 Å². The molecule has 3 N–H and O–H groups in total.